The molecular weight excluding hydrogens is 613 g/mol. The van der Waals surface area contributed by atoms with E-state index in [0.29, 0.717) is 34.6 Å². The summed E-state index contributed by atoms with van der Waals surface area (Å²) in [5, 5.41) is 7.73. The van der Waals surface area contributed by atoms with Crippen molar-refractivity contribution in [3.63, 3.8) is 0 Å². The SMILES string of the molecule is CCCCc1nc2ccc(Br)cc2c(=O)n1N=Cc1cc(C)n(-c2ccc(OCC(=O)Nc3cccc(F)c3)cc2)c1C. The lowest BCUT2D eigenvalue weighted by Gasteiger charge is -2.12. The van der Waals surface area contributed by atoms with Crippen LogP contribution in [0.2, 0.25) is 0 Å². The molecule has 0 unspecified atom stereocenters. The predicted octanol–water partition coefficient (Wildman–Crippen LogP) is 6.95. The number of amides is 1. The van der Waals surface area contributed by atoms with Crippen molar-refractivity contribution in [3.8, 4) is 11.4 Å². The molecule has 3 aromatic carbocycles. The molecular formula is C33H31BrFN5O3. The highest BCUT2D eigenvalue weighted by molar-refractivity contribution is 9.10. The first-order valence-corrected chi connectivity index (χ1v) is 14.8. The molecule has 8 nitrogen and oxygen atoms in total. The van der Waals surface area contributed by atoms with E-state index >= 15 is 0 Å². The second kappa shape index (κ2) is 13.2. The van der Waals surface area contributed by atoms with E-state index in [1.54, 1.807) is 30.5 Å². The molecule has 10 heteroatoms. The van der Waals surface area contributed by atoms with Gasteiger partial charge in [-0.1, -0.05) is 35.3 Å². The van der Waals surface area contributed by atoms with Crippen molar-refractivity contribution >= 4 is 44.6 Å². The summed E-state index contributed by atoms with van der Waals surface area (Å²) in [6.45, 7) is 5.88. The van der Waals surface area contributed by atoms with Crippen LogP contribution in [-0.2, 0) is 11.2 Å². The number of hydrogen-bond donors (Lipinski definition) is 1. The van der Waals surface area contributed by atoms with Crippen LogP contribution < -0.4 is 15.6 Å². The molecule has 0 bridgehead atoms. The van der Waals surface area contributed by atoms with Gasteiger partial charge in [0.1, 0.15) is 17.4 Å². The number of ether oxygens (including phenoxy) is 1. The Bertz CT molecular complexity index is 1880. The zero-order valence-electron chi connectivity index (χ0n) is 24.1. The van der Waals surface area contributed by atoms with Gasteiger partial charge in [0.15, 0.2) is 6.61 Å². The molecule has 0 saturated carbocycles. The third kappa shape index (κ3) is 6.91. The summed E-state index contributed by atoms with van der Waals surface area (Å²) in [5.74, 6) is 0.342. The van der Waals surface area contributed by atoms with Crippen LogP contribution >= 0.6 is 15.9 Å². The van der Waals surface area contributed by atoms with E-state index in [4.69, 9.17) is 9.72 Å². The van der Waals surface area contributed by atoms with E-state index in [0.717, 1.165) is 40.0 Å². The number of anilines is 1. The zero-order chi connectivity index (χ0) is 30.5. The second-order valence-electron chi connectivity index (χ2n) is 10.2. The average Bonchev–Trinajstić information content (AvgIpc) is 3.27. The molecule has 1 amide bonds. The number of unbranched alkanes of at least 4 members (excludes halogenated alkanes) is 1. The van der Waals surface area contributed by atoms with Gasteiger partial charge in [-0.2, -0.15) is 9.78 Å². The molecule has 5 rings (SSSR count). The summed E-state index contributed by atoms with van der Waals surface area (Å²) >= 11 is 3.45. The van der Waals surface area contributed by atoms with Gasteiger partial charge in [0.05, 0.1) is 17.1 Å². The normalized spacial score (nSPS) is 11.4. The van der Waals surface area contributed by atoms with Crippen molar-refractivity contribution in [2.45, 2.75) is 40.0 Å². The van der Waals surface area contributed by atoms with E-state index in [1.165, 1.54) is 22.9 Å². The Hall–Kier alpha value is -4.57. The minimum atomic E-state index is -0.427. The van der Waals surface area contributed by atoms with Crippen molar-refractivity contribution in [3.05, 3.63) is 116 Å². The van der Waals surface area contributed by atoms with E-state index < -0.39 is 5.82 Å². The quantitative estimate of drug-likeness (QED) is 0.167. The van der Waals surface area contributed by atoms with Crippen LogP contribution in [0.1, 0.15) is 42.5 Å². The van der Waals surface area contributed by atoms with Gasteiger partial charge in [0, 0.05) is 39.2 Å². The maximum Gasteiger partial charge on any atom is 0.282 e. The maximum absolute atomic E-state index is 13.4. The molecule has 1 N–H and O–H groups in total. The fraction of sp³-hybridized carbons (Fsp3) is 0.212. The van der Waals surface area contributed by atoms with Crippen molar-refractivity contribution < 1.29 is 13.9 Å². The third-order valence-corrected chi connectivity index (χ3v) is 7.48. The monoisotopic (exact) mass is 643 g/mol. The van der Waals surface area contributed by atoms with Crippen molar-refractivity contribution in [2.24, 2.45) is 5.10 Å². The third-order valence-electron chi connectivity index (χ3n) is 6.99. The van der Waals surface area contributed by atoms with Gasteiger partial charge in [-0.3, -0.25) is 9.59 Å². The van der Waals surface area contributed by atoms with Crippen LogP contribution in [0.15, 0.2) is 87.2 Å². The van der Waals surface area contributed by atoms with Crippen molar-refractivity contribution in [1.29, 1.82) is 0 Å². The van der Waals surface area contributed by atoms with Gasteiger partial charge in [-0.15, -0.1) is 0 Å². The fourth-order valence-corrected chi connectivity index (χ4v) is 5.21. The number of nitrogens with one attached hydrogen (secondary N) is 1. The molecule has 220 valence electrons. The van der Waals surface area contributed by atoms with Gasteiger partial charge in [0.2, 0.25) is 0 Å². The molecule has 0 radical (unpaired) electrons. The highest BCUT2D eigenvalue weighted by atomic mass is 79.9. The lowest BCUT2D eigenvalue weighted by molar-refractivity contribution is -0.118. The maximum atomic E-state index is 13.4. The van der Waals surface area contributed by atoms with E-state index in [1.807, 2.05) is 44.2 Å². The van der Waals surface area contributed by atoms with Crippen molar-refractivity contribution in [1.82, 2.24) is 14.2 Å². The molecule has 0 fully saturated rings. The van der Waals surface area contributed by atoms with Crippen LogP contribution in [-0.4, -0.2) is 33.0 Å². The minimum absolute atomic E-state index is 0.206. The highest BCUT2D eigenvalue weighted by Crippen LogP contribution is 2.23. The summed E-state index contributed by atoms with van der Waals surface area (Å²) < 4.78 is 23.3. The van der Waals surface area contributed by atoms with Gasteiger partial charge >= 0.3 is 0 Å². The molecule has 0 saturated heterocycles. The Labute approximate surface area is 257 Å². The topological polar surface area (TPSA) is 90.5 Å². The first-order chi connectivity index (χ1) is 20.7. The predicted molar refractivity (Wildman–Crippen MR) is 171 cm³/mol. The Morgan fingerprint density at radius 1 is 1.09 bits per heavy atom. The van der Waals surface area contributed by atoms with Crippen LogP contribution in [0, 0.1) is 19.7 Å². The Morgan fingerprint density at radius 2 is 1.88 bits per heavy atom. The molecule has 2 aromatic heterocycles. The number of aryl methyl sites for hydroxylation is 2. The van der Waals surface area contributed by atoms with Crippen LogP contribution in [0.3, 0.4) is 0 Å². The fourth-order valence-electron chi connectivity index (χ4n) is 4.85. The summed E-state index contributed by atoms with van der Waals surface area (Å²) in [7, 11) is 0. The van der Waals surface area contributed by atoms with E-state index in [2.05, 4.69) is 37.8 Å². The Balaban J connectivity index is 1.34. The lowest BCUT2D eigenvalue weighted by atomic mass is 10.2. The second-order valence-corrected chi connectivity index (χ2v) is 11.1. The number of carbonyl (C=O) groups is 1. The highest BCUT2D eigenvalue weighted by Gasteiger charge is 2.13. The van der Waals surface area contributed by atoms with Gasteiger partial charge in [0.25, 0.3) is 11.5 Å². The van der Waals surface area contributed by atoms with Crippen molar-refractivity contribution in [2.75, 3.05) is 11.9 Å². The summed E-state index contributed by atoms with van der Waals surface area (Å²) in [5.41, 5.74) is 4.53. The number of carbonyl (C=O) groups excluding carboxylic acids is 1. The first kappa shape index (κ1) is 29.9. The lowest BCUT2D eigenvalue weighted by Crippen LogP contribution is -2.22. The Morgan fingerprint density at radius 3 is 2.63 bits per heavy atom. The number of halogens is 2. The number of nitrogens with zero attached hydrogens (tertiary/aromatic N) is 4. The zero-order valence-corrected chi connectivity index (χ0v) is 25.7. The van der Waals surface area contributed by atoms with Gasteiger partial charge in [-0.05, 0) is 87.0 Å². The minimum Gasteiger partial charge on any atom is -0.484 e. The largest absolute Gasteiger partial charge is 0.484 e. The number of aromatic nitrogens is 3. The van der Waals surface area contributed by atoms with E-state index in [-0.39, 0.29) is 18.1 Å². The number of hydrogen-bond acceptors (Lipinski definition) is 5. The summed E-state index contributed by atoms with van der Waals surface area (Å²) in [6.07, 6.45) is 4.23. The number of fused-ring (bicyclic) bond motifs is 1. The summed E-state index contributed by atoms with van der Waals surface area (Å²) in [6, 6.07) is 20.6. The molecule has 0 aliphatic carbocycles. The Kier molecular flexibility index (Phi) is 9.16. The molecule has 0 aliphatic rings. The van der Waals surface area contributed by atoms with E-state index in [9.17, 15) is 14.0 Å². The molecule has 0 aliphatic heterocycles. The first-order valence-electron chi connectivity index (χ1n) is 14.0. The standard InChI is InChI=1S/C33H31BrFN5O3/c1-4-5-9-31-38-30-15-10-24(34)17-29(30)33(42)40(31)36-19-23-16-21(2)39(22(23)3)27-11-13-28(14-12-27)43-20-32(41)37-26-8-6-7-25(35)18-26/h6-8,10-19H,4-5,9,20H2,1-3H3,(H,37,41). The molecule has 2 heterocycles. The number of benzene rings is 3. The van der Waals surface area contributed by atoms with Crippen LogP contribution in [0.25, 0.3) is 16.6 Å². The molecule has 0 spiro atoms. The van der Waals surface area contributed by atoms with Crippen LogP contribution in [0.5, 0.6) is 5.75 Å². The average molecular weight is 645 g/mol. The smallest absolute Gasteiger partial charge is 0.282 e. The summed E-state index contributed by atoms with van der Waals surface area (Å²) in [4.78, 5) is 30.4. The molecule has 0 atom stereocenters. The van der Waals surface area contributed by atoms with Gasteiger partial charge < -0.3 is 14.6 Å². The number of rotatable bonds is 10. The van der Waals surface area contributed by atoms with Crippen LogP contribution in [0.4, 0.5) is 10.1 Å². The van der Waals surface area contributed by atoms with Gasteiger partial charge in [-0.25, -0.2) is 9.37 Å². The molecule has 43 heavy (non-hydrogen) atoms. The molecule has 5 aromatic rings.